The van der Waals surface area contributed by atoms with Crippen molar-refractivity contribution in [1.82, 2.24) is 9.97 Å². The summed E-state index contributed by atoms with van der Waals surface area (Å²) >= 11 is 0. The Balaban J connectivity index is 2.62. The molecule has 0 unspecified atom stereocenters. The highest BCUT2D eigenvalue weighted by Gasteiger charge is 2.14. The summed E-state index contributed by atoms with van der Waals surface area (Å²) in [6.45, 7) is 8.89. The molecule has 1 heterocycles. The number of benzene rings is 1. The first kappa shape index (κ1) is 15.4. The van der Waals surface area contributed by atoms with Gasteiger partial charge in [-0.2, -0.15) is 0 Å². The molecule has 0 amide bonds. The summed E-state index contributed by atoms with van der Waals surface area (Å²) in [5, 5.41) is 3.27. The predicted octanol–water partition coefficient (Wildman–Crippen LogP) is 4.28. The van der Waals surface area contributed by atoms with Gasteiger partial charge in [-0.3, -0.25) is 0 Å². The summed E-state index contributed by atoms with van der Waals surface area (Å²) in [6, 6.07) is 4.82. The number of nitrogens with zero attached hydrogens (tertiary/aromatic N) is 2. The van der Waals surface area contributed by atoms with Gasteiger partial charge in [0, 0.05) is 24.1 Å². The van der Waals surface area contributed by atoms with Crippen LogP contribution >= 0.6 is 0 Å². The smallest absolute Gasteiger partial charge is 0.133 e. The highest BCUT2D eigenvalue weighted by atomic mass is 19.1. The van der Waals surface area contributed by atoms with Gasteiger partial charge in [0.25, 0.3) is 0 Å². The Hall–Kier alpha value is -1.97. The highest BCUT2D eigenvalue weighted by molar-refractivity contribution is 5.71. The zero-order valence-electron chi connectivity index (χ0n) is 13.1. The molecule has 0 bridgehead atoms. The van der Waals surface area contributed by atoms with E-state index in [9.17, 15) is 4.39 Å². The first-order valence-electron chi connectivity index (χ1n) is 7.44. The number of halogens is 1. The number of rotatable bonds is 5. The molecule has 0 aliphatic carbocycles. The minimum absolute atomic E-state index is 0.240. The molecule has 1 aromatic heterocycles. The van der Waals surface area contributed by atoms with Gasteiger partial charge in [-0.15, -0.1) is 0 Å². The molecule has 3 nitrogen and oxygen atoms in total. The van der Waals surface area contributed by atoms with Crippen molar-refractivity contribution in [3.8, 4) is 11.3 Å². The van der Waals surface area contributed by atoms with Crippen LogP contribution < -0.4 is 5.32 Å². The maximum Gasteiger partial charge on any atom is 0.133 e. The molecule has 1 aromatic carbocycles. The number of aryl methyl sites for hydroxylation is 2. The fraction of sp³-hybridized carbons (Fsp3) is 0.412. The molecule has 0 saturated carbocycles. The topological polar surface area (TPSA) is 37.8 Å². The third-order valence-corrected chi connectivity index (χ3v) is 3.46. The molecule has 21 heavy (non-hydrogen) atoms. The first-order chi connectivity index (χ1) is 10.1. The van der Waals surface area contributed by atoms with Crippen molar-refractivity contribution in [3.05, 3.63) is 41.0 Å². The van der Waals surface area contributed by atoms with Crippen molar-refractivity contribution in [1.29, 1.82) is 0 Å². The van der Waals surface area contributed by atoms with Gasteiger partial charge in [0.1, 0.15) is 17.5 Å². The fourth-order valence-corrected chi connectivity index (χ4v) is 2.35. The van der Waals surface area contributed by atoms with Crippen LogP contribution in [0.25, 0.3) is 11.3 Å². The lowest BCUT2D eigenvalue weighted by Gasteiger charge is -2.14. The van der Waals surface area contributed by atoms with E-state index in [0.717, 1.165) is 53.4 Å². The van der Waals surface area contributed by atoms with Crippen LogP contribution in [-0.4, -0.2) is 16.5 Å². The summed E-state index contributed by atoms with van der Waals surface area (Å²) in [5.74, 6) is 1.41. The van der Waals surface area contributed by atoms with Gasteiger partial charge in [0.2, 0.25) is 0 Å². The average Bonchev–Trinajstić information content (AvgIpc) is 2.45. The van der Waals surface area contributed by atoms with Gasteiger partial charge >= 0.3 is 0 Å². The zero-order chi connectivity index (χ0) is 15.4. The molecule has 1 N–H and O–H groups in total. The molecule has 0 radical (unpaired) electrons. The van der Waals surface area contributed by atoms with E-state index in [2.05, 4.69) is 22.2 Å². The number of hydrogen-bond donors (Lipinski definition) is 1. The van der Waals surface area contributed by atoms with Crippen LogP contribution in [0.2, 0.25) is 0 Å². The Kier molecular flexibility index (Phi) is 4.89. The molecule has 2 rings (SSSR count). The van der Waals surface area contributed by atoms with Crippen LogP contribution in [0.5, 0.6) is 0 Å². The van der Waals surface area contributed by atoms with E-state index >= 15 is 0 Å². The third-order valence-electron chi connectivity index (χ3n) is 3.46. The minimum Gasteiger partial charge on any atom is -0.370 e. The molecule has 0 fully saturated rings. The highest BCUT2D eigenvalue weighted by Crippen LogP contribution is 2.29. The minimum atomic E-state index is -0.240. The van der Waals surface area contributed by atoms with Gasteiger partial charge in [0.05, 0.1) is 5.69 Å². The van der Waals surface area contributed by atoms with Crippen molar-refractivity contribution < 1.29 is 4.39 Å². The van der Waals surface area contributed by atoms with Crippen LogP contribution in [0.3, 0.4) is 0 Å². The van der Waals surface area contributed by atoms with Crippen molar-refractivity contribution in [3.63, 3.8) is 0 Å². The second-order valence-electron chi connectivity index (χ2n) is 5.20. The van der Waals surface area contributed by atoms with Gasteiger partial charge in [-0.05, 0) is 44.9 Å². The maximum atomic E-state index is 13.6. The fourth-order valence-electron chi connectivity index (χ4n) is 2.35. The van der Waals surface area contributed by atoms with Gasteiger partial charge in [-0.25, -0.2) is 14.4 Å². The molecule has 0 atom stereocenters. The molecule has 0 aliphatic heterocycles. The van der Waals surface area contributed by atoms with Crippen LogP contribution in [0.1, 0.15) is 37.2 Å². The van der Waals surface area contributed by atoms with Crippen molar-refractivity contribution in [2.24, 2.45) is 0 Å². The van der Waals surface area contributed by atoms with Gasteiger partial charge < -0.3 is 5.32 Å². The molecule has 0 aliphatic rings. The molecule has 4 heteroatoms. The Bertz CT molecular complexity index is 638. The quantitative estimate of drug-likeness (QED) is 0.891. The second-order valence-corrected chi connectivity index (χ2v) is 5.20. The summed E-state index contributed by atoms with van der Waals surface area (Å²) < 4.78 is 13.6. The van der Waals surface area contributed by atoms with E-state index in [1.165, 1.54) is 6.07 Å². The Morgan fingerprint density at radius 2 is 1.90 bits per heavy atom. The maximum absolute atomic E-state index is 13.6. The molecule has 2 aromatic rings. The zero-order valence-corrected chi connectivity index (χ0v) is 13.1. The summed E-state index contributed by atoms with van der Waals surface area (Å²) in [4.78, 5) is 9.23. The number of nitrogens with one attached hydrogen (secondary N) is 1. The van der Waals surface area contributed by atoms with E-state index in [1.54, 1.807) is 12.1 Å². The van der Waals surface area contributed by atoms with Crippen molar-refractivity contribution >= 4 is 5.82 Å². The second kappa shape index (κ2) is 6.66. The molecular weight excluding hydrogens is 265 g/mol. The van der Waals surface area contributed by atoms with Crippen LogP contribution in [0.15, 0.2) is 18.2 Å². The first-order valence-corrected chi connectivity index (χ1v) is 7.44. The Labute approximate surface area is 125 Å². The molecule has 112 valence electrons. The average molecular weight is 287 g/mol. The van der Waals surface area contributed by atoms with E-state index in [1.807, 2.05) is 20.8 Å². The SMILES string of the molecule is CCCc1nc(NCC)c(C)c(-c2cc(F)ccc2C)n1. The lowest BCUT2D eigenvalue weighted by atomic mass is 10.0. The standard InChI is InChI=1S/C17H22FN3/c1-5-7-15-20-16(12(4)17(21-15)19-6-2)14-10-13(18)9-8-11(14)3/h8-10H,5-7H2,1-4H3,(H,19,20,21). The van der Waals surface area contributed by atoms with E-state index < -0.39 is 0 Å². The van der Waals surface area contributed by atoms with Crippen LogP contribution in [0.4, 0.5) is 10.2 Å². The predicted molar refractivity (Wildman–Crippen MR) is 85.1 cm³/mol. The summed E-state index contributed by atoms with van der Waals surface area (Å²) in [5.41, 5.74) is 3.64. The van der Waals surface area contributed by atoms with Crippen LogP contribution in [-0.2, 0) is 6.42 Å². The number of anilines is 1. The third kappa shape index (κ3) is 3.38. The van der Waals surface area contributed by atoms with Crippen molar-refractivity contribution in [2.75, 3.05) is 11.9 Å². The summed E-state index contributed by atoms with van der Waals surface area (Å²) in [6.07, 6.45) is 1.80. The lowest BCUT2D eigenvalue weighted by Crippen LogP contribution is -2.08. The van der Waals surface area contributed by atoms with Gasteiger partial charge in [0.15, 0.2) is 0 Å². The monoisotopic (exact) mass is 287 g/mol. The summed E-state index contributed by atoms with van der Waals surface area (Å²) in [7, 11) is 0. The molecular formula is C17H22FN3. The van der Waals surface area contributed by atoms with E-state index in [-0.39, 0.29) is 5.82 Å². The number of hydrogen-bond acceptors (Lipinski definition) is 3. The van der Waals surface area contributed by atoms with E-state index in [0.29, 0.717) is 0 Å². The Morgan fingerprint density at radius 3 is 2.57 bits per heavy atom. The lowest BCUT2D eigenvalue weighted by molar-refractivity contribution is 0.628. The number of aromatic nitrogens is 2. The van der Waals surface area contributed by atoms with Crippen LogP contribution in [0, 0.1) is 19.7 Å². The molecule has 0 spiro atoms. The van der Waals surface area contributed by atoms with E-state index in [4.69, 9.17) is 0 Å². The largest absolute Gasteiger partial charge is 0.370 e. The normalized spacial score (nSPS) is 10.7. The van der Waals surface area contributed by atoms with Gasteiger partial charge in [-0.1, -0.05) is 13.0 Å². The Morgan fingerprint density at radius 1 is 1.14 bits per heavy atom. The van der Waals surface area contributed by atoms with Crippen molar-refractivity contribution in [2.45, 2.75) is 40.5 Å². The molecule has 0 saturated heterocycles.